The number of hydrogen-bond donors (Lipinski definition) is 3. The lowest BCUT2D eigenvalue weighted by atomic mass is 9.94. The molecule has 0 aliphatic heterocycles. The highest BCUT2D eigenvalue weighted by atomic mass is 79.9. The molecule has 0 saturated heterocycles. The molecule has 1 aromatic rings. The van der Waals surface area contributed by atoms with Crippen LogP contribution in [0.25, 0.3) is 0 Å². The van der Waals surface area contributed by atoms with E-state index in [1.807, 2.05) is 13.8 Å². The smallest absolute Gasteiger partial charge is 0.267 e. The van der Waals surface area contributed by atoms with Gasteiger partial charge in [0.15, 0.2) is 0 Å². The lowest BCUT2D eigenvalue weighted by Gasteiger charge is -2.27. The zero-order valence-electron chi connectivity index (χ0n) is 9.51. The van der Waals surface area contributed by atoms with E-state index in [1.54, 1.807) is 0 Å². The number of aromatic nitrogens is 2. The Kier molecular flexibility index (Phi) is 4.49. The van der Waals surface area contributed by atoms with Crippen LogP contribution in [-0.4, -0.2) is 22.1 Å². The third-order valence-electron chi connectivity index (χ3n) is 2.81. The van der Waals surface area contributed by atoms with Crippen molar-refractivity contribution in [1.29, 1.82) is 0 Å². The van der Waals surface area contributed by atoms with Crippen molar-refractivity contribution < 1.29 is 0 Å². The van der Waals surface area contributed by atoms with Crippen molar-refractivity contribution in [3.8, 4) is 0 Å². The quantitative estimate of drug-likeness (QED) is 0.766. The molecule has 16 heavy (non-hydrogen) atoms. The summed E-state index contributed by atoms with van der Waals surface area (Å²) in [5.41, 5.74) is 5.68. The first-order valence-electron chi connectivity index (χ1n) is 5.28. The molecule has 1 rings (SSSR count). The summed E-state index contributed by atoms with van der Waals surface area (Å²) in [6.45, 7) is 4.69. The summed E-state index contributed by atoms with van der Waals surface area (Å²) in [6, 6.07) is 0. The van der Waals surface area contributed by atoms with Crippen LogP contribution in [0.3, 0.4) is 0 Å². The molecule has 0 bridgehead atoms. The van der Waals surface area contributed by atoms with Gasteiger partial charge in [-0.05, 0) is 28.8 Å². The van der Waals surface area contributed by atoms with E-state index in [0.29, 0.717) is 16.8 Å². The summed E-state index contributed by atoms with van der Waals surface area (Å²) in [5, 5.41) is 3.09. The normalized spacial score (nSPS) is 11.5. The third kappa shape index (κ3) is 3.05. The second-order valence-corrected chi connectivity index (χ2v) is 4.61. The van der Waals surface area contributed by atoms with E-state index in [-0.39, 0.29) is 11.1 Å². The van der Waals surface area contributed by atoms with Crippen LogP contribution < -0.4 is 16.6 Å². The number of hydrogen-bond acceptors (Lipinski definition) is 4. The van der Waals surface area contributed by atoms with Crippen LogP contribution in [0.1, 0.15) is 26.7 Å². The van der Waals surface area contributed by atoms with Gasteiger partial charge in [-0.3, -0.25) is 4.79 Å². The fourth-order valence-electron chi connectivity index (χ4n) is 1.27. The van der Waals surface area contributed by atoms with Gasteiger partial charge in [0.25, 0.3) is 5.56 Å². The van der Waals surface area contributed by atoms with Gasteiger partial charge in [0.1, 0.15) is 10.3 Å². The molecule has 0 aliphatic carbocycles. The third-order valence-corrected chi connectivity index (χ3v) is 3.55. The topological polar surface area (TPSA) is 83.8 Å². The molecule has 0 radical (unpaired) electrons. The number of nitrogens with two attached hydrogens (primary N) is 1. The van der Waals surface area contributed by atoms with Gasteiger partial charge in [0.2, 0.25) is 0 Å². The molecule has 6 heteroatoms. The van der Waals surface area contributed by atoms with E-state index >= 15 is 0 Å². The maximum absolute atomic E-state index is 11.3. The predicted octanol–water partition coefficient (Wildman–Crippen LogP) is 1.46. The molecule has 1 heterocycles. The molecule has 0 atom stereocenters. The van der Waals surface area contributed by atoms with Crippen molar-refractivity contribution >= 4 is 21.7 Å². The largest absolute Gasteiger partial charge is 0.367 e. The summed E-state index contributed by atoms with van der Waals surface area (Å²) >= 11 is 3.18. The van der Waals surface area contributed by atoms with Crippen LogP contribution in [0.4, 0.5) is 5.82 Å². The average Bonchev–Trinajstić information content (AvgIpc) is 2.31. The fourth-order valence-corrected chi connectivity index (χ4v) is 1.62. The monoisotopic (exact) mass is 288 g/mol. The number of aromatic amines is 1. The van der Waals surface area contributed by atoms with E-state index in [9.17, 15) is 4.79 Å². The number of rotatable bonds is 5. The van der Waals surface area contributed by atoms with Crippen LogP contribution in [0.2, 0.25) is 0 Å². The van der Waals surface area contributed by atoms with Crippen molar-refractivity contribution in [1.82, 2.24) is 9.97 Å². The fraction of sp³-hybridized carbons (Fsp3) is 0.600. The molecule has 0 aliphatic rings. The molecule has 90 valence electrons. The minimum atomic E-state index is -0.260. The van der Waals surface area contributed by atoms with Crippen molar-refractivity contribution in [2.24, 2.45) is 5.73 Å². The molecular formula is C10H17BrN4O. The molecule has 0 unspecified atom stereocenters. The Balaban J connectivity index is 2.75. The van der Waals surface area contributed by atoms with Gasteiger partial charge in [-0.1, -0.05) is 13.8 Å². The predicted molar refractivity (Wildman–Crippen MR) is 68.5 cm³/mol. The summed E-state index contributed by atoms with van der Waals surface area (Å²) in [7, 11) is 0. The number of halogens is 1. The number of H-pyrrole nitrogens is 1. The van der Waals surface area contributed by atoms with E-state index in [0.717, 1.165) is 12.8 Å². The second kappa shape index (κ2) is 5.45. The van der Waals surface area contributed by atoms with Gasteiger partial charge in [-0.25, -0.2) is 4.98 Å². The lowest BCUT2D eigenvalue weighted by molar-refractivity contribution is 0.417. The molecule has 0 aromatic carbocycles. The van der Waals surface area contributed by atoms with Gasteiger partial charge in [0.05, 0.1) is 6.33 Å². The van der Waals surface area contributed by atoms with Gasteiger partial charge in [-0.15, -0.1) is 0 Å². The van der Waals surface area contributed by atoms with Crippen molar-refractivity contribution in [2.75, 3.05) is 11.9 Å². The van der Waals surface area contributed by atoms with Crippen LogP contribution in [-0.2, 0) is 0 Å². The Hall–Kier alpha value is -0.880. The number of anilines is 1. The first-order valence-corrected chi connectivity index (χ1v) is 6.07. The Morgan fingerprint density at radius 3 is 2.75 bits per heavy atom. The second-order valence-electron chi connectivity index (χ2n) is 3.82. The average molecular weight is 289 g/mol. The standard InChI is InChI=1S/C10H17BrN4O/c1-3-10(12,4-2)5-13-8-7(11)9(16)15-6-14-8/h6H,3-5,12H2,1-2H3,(H2,13,14,15,16). The number of nitrogens with one attached hydrogen (secondary N) is 2. The molecule has 1 aromatic heterocycles. The van der Waals surface area contributed by atoms with Crippen LogP contribution in [0.5, 0.6) is 0 Å². The molecule has 0 saturated carbocycles. The van der Waals surface area contributed by atoms with Crippen molar-refractivity contribution in [3.05, 3.63) is 21.2 Å². The highest BCUT2D eigenvalue weighted by Gasteiger charge is 2.20. The Morgan fingerprint density at radius 2 is 2.19 bits per heavy atom. The minimum Gasteiger partial charge on any atom is -0.367 e. The molecule has 4 N–H and O–H groups in total. The van der Waals surface area contributed by atoms with Crippen molar-refractivity contribution in [2.45, 2.75) is 32.2 Å². The van der Waals surface area contributed by atoms with Crippen molar-refractivity contribution in [3.63, 3.8) is 0 Å². The maximum Gasteiger partial charge on any atom is 0.267 e. The van der Waals surface area contributed by atoms with Gasteiger partial charge < -0.3 is 16.0 Å². The Labute approximate surface area is 103 Å². The van der Waals surface area contributed by atoms with E-state index in [2.05, 4.69) is 31.2 Å². The number of nitrogens with zero attached hydrogens (tertiary/aromatic N) is 1. The summed E-state index contributed by atoms with van der Waals surface area (Å²) in [4.78, 5) is 17.8. The Morgan fingerprint density at radius 1 is 1.56 bits per heavy atom. The maximum atomic E-state index is 11.3. The molecule has 0 fully saturated rings. The highest BCUT2D eigenvalue weighted by molar-refractivity contribution is 9.10. The summed E-state index contributed by atoms with van der Waals surface area (Å²) in [6.07, 6.45) is 3.11. The minimum absolute atomic E-state index is 0.201. The first kappa shape index (κ1) is 13.2. The first-order chi connectivity index (χ1) is 7.52. The Bertz CT molecular complexity index is 400. The van der Waals surface area contributed by atoms with E-state index in [1.165, 1.54) is 6.33 Å². The highest BCUT2D eigenvalue weighted by Crippen LogP contribution is 2.16. The van der Waals surface area contributed by atoms with Crippen LogP contribution >= 0.6 is 15.9 Å². The lowest BCUT2D eigenvalue weighted by Crippen LogP contribution is -2.45. The summed E-state index contributed by atoms with van der Waals surface area (Å²) in [5.74, 6) is 0.528. The van der Waals surface area contributed by atoms with Crippen LogP contribution in [0, 0.1) is 0 Å². The van der Waals surface area contributed by atoms with Gasteiger partial charge >= 0.3 is 0 Å². The molecule has 0 amide bonds. The van der Waals surface area contributed by atoms with Gasteiger partial charge in [-0.2, -0.15) is 0 Å². The van der Waals surface area contributed by atoms with E-state index < -0.39 is 0 Å². The zero-order chi connectivity index (χ0) is 12.2. The molecular weight excluding hydrogens is 272 g/mol. The molecule has 5 nitrogen and oxygen atoms in total. The van der Waals surface area contributed by atoms with Gasteiger partial charge in [0, 0.05) is 12.1 Å². The SMILES string of the molecule is CCC(N)(CC)CNc1nc[nH]c(=O)c1Br. The van der Waals surface area contributed by atoms with E-state index in [4.69, 9.17) is 5.73 Å². The molecule has 0 spiro atoms. The zero-order valence-corrected chi connectivity index (χ0v) is 11.1. The van der Waals surface area contributed by atoms with Crippen LogP contribution in [0.15, 0.2) is 15.6 Å². The summed E-state index contributed by atoms with van der Waals surface area (Å²) < 4.78 is 0.407.